The molecule has 1 aliphatic heterocycles. The number of nitrogens with zero attached hydrogens (tertiary/aromatic N) is 1. The van der Waals surface area contributed by atoms with Crippen LogP contribution in [0.4, 0.5) is 5.69 Å². The molecule has 1 fully saturated rings. The number of hydrogen-bond acceptors (Lipinski definition) is 4. The zero-order valence-corrected chi connectivity index (χ0v) is 12.1. The van der Waals surface area contributed by atoms with E-state index < -0.39 is 0 Å². The molecule has 1 aromatic carbocycles. The molecule has 1 saturated heterocycles. The van der Waals surface area contributed by atoms with E-state index in [1.807, 2.05) is 13.1 Å². The van der Waals surface area contributed by atoms with Crippen LogP contribution in [-0.4, -0.2) is 45.4 Å². The summed E-state index contributed by atoms with van der Waals surface area (Å²) in [6.45, 7) is 8.18. The quantitative estimate of drug-likeness (QED) is 0.843. The third kappa shape index (κ3) is 3.85. The van der Waals surface area contributed by atoms with E-state index in [9.17, 15) is 0 Å². The molecule has 0 bridgehead atoms. The molecule has 19 heavy (non-hydrogen) atoms. The fourth-order valence-corrected chi connectivity index (χ4v) is 2.50. The summed E-state index contributed by atoms with van der Waals surface area (Å²) in [5, 5.41) is 6.77. The zero-order valence-electron chi connectivity index (χ0n) is 12.1. The van der Waals surface area contributed by atoms with Gasteiger partial charge in [-0.05, 0) is 33.0 Å². The van der Waals surface area contributed by atoms with Crippen molar-refractivity contribution in [2.24, 2.45) is 0 Å². The predicted molar refractivity (Wildman–Crippen MR) is 80.1 cm³/mol. The first-order valence-corrected chi connectivity index (χ1v) is 7.09. The highest BCUT2D eigenvalue weighted by Gasteiger charge is 2.21. The van der Waals surface area contributed by atoms with Crippen molar-refractivity contribution >= 4 is 5.69 Å². The minimum Gasteiger partial charge on any atom is -0.489 e. The van der Waals surface area contributed by atoms with E-state index >= 15 is 0 Å². The summed E-state index contributed by atoms with van der Waals surface area (Å²) in [5.41, 5.74) is 1.21. The third-order valence-electron chi connectivity index (χ3n) is 3.27. The molecule has 4 heteroatoms. The van der Waals surface area contributed by atoms with E-state index in [0.717, 1.165) is 31.9 Å². The van der Waals surface area contributed by atoms with Crippen LogP contribution in [0.5, 0.6) is 5.75 Å². The van der Waals surface area contributed by atoms with Gasteiger partial charge in [0, 0.05) is 32.2 Å². The summed E-state index contributed by atoms with van der Waals surface area (Å²) in [4.78, 5) is 2.41. The molecule has 2 N–H and O–H groups in total. The Bertz CT molecular complexity index is 393. The molecule has 1 unspecified atom stereocenters. The van der Waals surface area contributed by atoms with Crippen LogP contribution in [0.2, 0.25) is 0 Å². The number of nitrogens with one attached hydrogen (secondary N) is 2. The molecule has 0 spiro atoms. The van der Waals surface area contributed by atoms with Gasteiger partial charge in [0.15, 0.2) is 0 Å². The first-order chi connectivity index (χ1) is 9.20. The largest absolute Gasteiger partial charge is 0.489 e. The van der Waals surface area contributed by atoms with Crippen LogP contribution in [0, 0.1) is 0 Å². The maximum absolute atomic E-state index is 5.92. The van der Waals surface area contributed by atoms with E-state index in [1.54, 1.807) is 0 Å². The van der Waals surface area contributed by atoms with Crippen molar-refractivity contribution in [1.29, 1.82) is 0 Å². The molecular formula is C15H25N3O. The molecular weight excluding hydrogens is 238 g/mol. The summed E-state index contributed by atoms with van der Waals surface area (Å²) >= 11 is 0. The van der Waals surface area contributed by atoms with Crippen LogP contribution in [0.15, 0.2) is 24.3 Å². The number of ether oxygens (including phenoxy) is 1. The van der Waals surface area contributed by atoms with Crippen molar-refractivity contribution in [2.75, 3.05) is 38.1 Å². The number of rotatable bonds is 5. The van der Waals surface area contributed by atoms with E-state index in [1.165, 1.54) is 5.69 Å². The number of para-hydroxylation sites is 2. The Hall–Kier alpha value is -1.26. The standard InChI is InChI=1S/C15H25N3O/c1-12(2)19-15-7-5-4-6-14(15)18-9-8-17-13(11-18)10-16-3/h4-7,12-13,16-17H,8-11H2,1-3H3. The molecule has 0 saturated carbocycles. The molecule has 0 amide bonds. The van der Waals surface area contributed by atoms with Crippen molar-refractivity contribution in [3.05, 3.63) is 24.3 Å². The Kier molecular flexibility index (Phi) is 5.05. The molecule has 1 aromatic rings. The van der Waals surface area contributed by atoms with Crippen LogP contribution in [0.1, 0.15) is 13.8 Å². The summed E-state index contributed by atoms with van der Waals surface area (Å²) in [6, 6.07) is 8.82. The number of piperazine rings is 1. The summed E-state index contributed by atoms with van der Waals surface area (Å²) in [6.07, 6.45) is 0.206. The Balaban J connectivity index is 2.11. The summed E-state index contributed by atoms with van der Waals surface area (Å²) < 4.78 is 5.92. The molecule has 1 heterocycles. The minimum absolute atomic E-state index is 0.206. The maximum Gasteiger partial charge on any atom is 0.142 e. The molecule has 0 aliphatic carbocycles. The fraction of sp³-hybridized carbons (Fsp3) is 0.600. The van der Waals surface area contributed by atoms with Crippen molar-refractivity contribution < 1.29 is 4.74 Å². The van der Waals surface area contributed by atoms with Gasteiger partial charge >= 0.3 is 0 Å². The highest BCUT2D eigenvalue weighted by Crippen LogP contribution is 2.29. The van der Waals surface area contributed by atoms with Crippen LogP contribution < -0.4 is 20.3 Å². The van der Waals surface area contributed by atoms with E-state index in [2.05, 4.69) is 47.6 Å². The first kappa shape index (κ1) is 14.2. The Morgan fingerprint density at radius 3 is 2.95 bits per heavy atom. The Morgan fingerprint density at radius 1 is 1.42 bits per heavy atom. The normalized spacial score (nSPS) is 19.8. The fourth-order valence-electron chi connectivity index (χ4n) is 2.50. The van der Waals surface area contributed by atoms with Gasteiger partial charge in [-0.15, -0.1) is 0 Å². The monoisotopic (exact) mass is 263 g/mol. The van der Waals surface area contributed by atoms with Crippen LogP contribution in [-0.2, 0) is 0 Å². The zero-order chi connectivity index (χ0) is 13.7. The topological polar surface area (TPSA) is 36.5 Å². The van der Waals surface area contributed by atoms with Gasteiger partial charge in [0.2, 0.25) is 0 Å². The predicted octanol–water partition coefficient (Wildman–Crippen LogP) is 1.47. The highest BCUT2D eigenvalue weighted by molar-refractivity contribution is 5.59. The molecule has 2 rings (SSSR count). The minimum atomic E-state index is 0.206. The summed E-state index contributed by atoms with van der Waals surface area (Å²) in [5.74, 6) is 0.989. The average molecular weight is 263 g/mol. The SMILES string of the molecule is CNCC1CN(c2ccccc2OC(C)C)CCN1. The number of hydrogen-bond donors (Lipinski definition) is 2. The second kappa shape index (κ2) is 6.78. The Labute approximate surface area is 116 Å². The number of anilines is 1. The van der Waals surface area contributed by atoms with Gasteiger partial charge in [-0.2, -0.15) is 0 Å². The Morgan fingerprint density at radius 2 is 2.21 bits per heavy atom. The van der Waals surface area contributed by atoms with Crippen molar-refractivity contribution in [3.63, 3.8) is 0 Å². The molecule has 0 radical (unpaired) electrons. The lowest BCUT2D eigenvalue weighted by Gasteiger charge is -2.36. The molecule has 0 aromatic heterocycles. The van der Waals surface area contributed by atoms with Gasteiger partial charge in [0.25, 0.3) is 0 Å². The third-order valence-corrected chi connectivity index (χ3v) is 3.27. The number of benzene rings is 1. The van der Waals surface area contributed by atoms with Gasteiger partial charge in [-0.1, -0.05) is 12.1 Å². The lowest BCUT2D eigenvalue weighted by molar-refractivity contribution is 0.242. The van der Waals surface area contributed by atoms with Gasteiger partial charge in [0.1, 0.15) is 5.75 Å². The van der Waals surface area contributed by atoms with Crippen molar-refractivity contribution in [1.82, 2.24) is 10.6 Å². The van der Waals surface area contributed by atoms with Crippen LogP contribution in [0.3, 0.4) is 0 Å². The lowest BCUT2D eigenvalue weighted by Crippen LogP contribution is -2.54. The van der Waals surface area contributed by atoms with Crippen molar-refractivity contribution in [2.45, 2.75) is 26.0 Å². The maximum atomic E-state index is 5.92. The lowest BCUT2D eigenvalue weighted by atomic mass is 10.1. The van der Waals surface area contributed by atoms with Crippen molar-refractivity contribution in [3.8, 4) is 5.75 Å². The van der Waals surface area contributed by atoms with Gasteiger partial charge < -0.3 is 20.3 Å². The van der Waals surface area contributed by atoms with Crippen LogP contribution in [0.25, 0.3) is 0 Å². The summed E-state index contributed by atoms with van der Waals surface area (Å²) in [7, 11) is 2.00. The molecule has 4 nitrogen and oxygen atoms in total. The first-order valence-electron chi connectivity index (χ1n) is 7.09. The second-order valence-corrected chi connectivity index (χ2v) is 5.29. The smallest absolute Gasteiger partial charge is 0.142 e. The van der Waals surface area contributed by atoms with Gasteiger partial charge in [0.05, 0.1) is 11.8 Å². The average Bonchev–Trinajstić information content (AvgIpc) is 2.39. The van der Waals surface area contributed by atoms with Crippen LogP contribution >= 0.6 is 0 Å². The van der Waals surface area contributed by atoms with Gasteiger partial charge in [-0.25, -0.2) is 0 Å². The van der Waals surface area contributed by atoms with Gasteiger partial charge in [-0.3, -0.25) is 0 Å². The second-order valence-electron chi connectivity index (χ2n) is 5.29. The van der Waals surface area contributed by atoms with E-state index in [0.29, 0.717) is 6.04 Å². The molecule has 106 valence electrons. The van der Waals surface area contributed by atoms with E-state index in [-0.39, 0.29) is 6.10 Å². The number of likely N-dealkylation sites (N-methyl/N-ethyl adjacent to an activating group) is 1. The van der Waals surface area contributed by atoms with E-state index in [4.69, 9.17) is 4.74 Å². The molecule has 1 aliphatic rings. The highest BCUT2D eigenvalue weighted by atomic mass is 16.5. The molecule has 1 atom stereocenters.